The molecule has 0 aromatic rings. The van der Waals surface area contributed by atoms with Crippen LogP contribution in [0.5, 0.6) is 0 Å². The molecule has 40 valence electrons. The predicted octanol–water partition coefficient (Wildman–Crippen LogP) is -1.92. The first kappa shape index (κ1) is 25.6. The van der Waals surface area contributed by atoms with E-state index in [9.17, 15) is 0 Å². The van der Waals surface area contributed by atoms with Gasteiger partial charge in [-0.15, -0.1) is 0 Å². The maximum atomic E-state index is 9.00. The monoisotopic (exact) mass is 172 g/mol. The summed E-state index contributed by atoms with van der Waals surface area (Å²) < 4.78 is 0. The van der Waals surface area contributed by atoms with Crippen LogP contribution >= 0.6 is 0 Å². The quantitative estimate of drug-likeness (QED) is 0.434. The molecule has 5 heteroatoms. The van der Waals surface area contributed by atoms with Crippen molar-refractivity contribution in [2.75, 3.05) is 0 Å². The molecule has 0 unspecified atom stereocenters. The summed E-state index contributed by atoms with van der Waals surface area (Å²) >= 11 is 0. The van der Waals surface area contributed by atoms with E-state index < -0.39 is 5.97 Å². The van der Waals surface area contributed by atoms with Gasteiger partial charge in [0.1, 0.15) is 0 Å². The summed E-state index contributed by atoms with van der Waals surface area (Å²) in [5.74, 6) is -0.833. The van der Waals surface area contributed by atoms with E-state index in [1.807, 2.05) is 0 Å². The molecule has 0 bridgehead atoms. The van der Waals surface area contributed by atoms with Gasteiger partial charge in [-0.25, -0.2) is 0 Å². The minimum atomic E-state index is -0.833. The predicted molar refractivity (Wildman–Crippen MR) is 26.9 cm³/mol. The summed E-state index contributed by atoms with van der Waals surface area (Å²) in [4.78, 5) is 9.00. The summed E-state index contributed by atoms with van der Waals surface area (Å²) in [7, 11) is 0. The van der Waals surface area contributed by atoms with Gasteiger partial charge in [0, 0.05) is 26.4 Å². The van der Waals surface area contributed by atoms with Crippen LogP contribution in [0.15, 0.2) is 0 Å². The van der Waals surface area contributed by atoms with Gasteiger partial charge in [-0.05, 0) is 0 Å². The fourth-order valence-corrected chi connectivity index (χ4v) is 0. The molecule has 0 heterocycles. The third kappa shape index (κ3) is 404. The molecule has 0 aliphatic carbocycles. The summed E-state index contributed by atoms with van der Waals surface area (Å²) in [5.41, 5.74) is 0. The standard InChI is InChI=1S/C2H4O2.Al.H2O.Zn.3H/c1-2(3)4;;;;;;/h1H3,(H,3,4);;1H2;;;;. The van der Waals surface area contributed by atoms with Crippen LogP contribution in [0, 0.1) is 0 Å². The third-order valence-electron chi connectivity index (χ3n) is 0. The van der Waals surface area contributed by atoms with Crippen molar-refractivity contribution in [3.8, 4) is 0 Å². The van der Waals surface area contributed by atoms with Crippen LogP contribution in [0.2, 0.25) is 0 Å². The molecule has 0 saturated heterocycles. The second-order valence-electron chi connectivity index (χ2n) is 0.519. The second-order valence-corrected chi connectivity index (χ2v) is 0.519. The van der Waals surface area contributed by atoms with Crippen molar-refractivity contribution in [3.63, 3.8) is 0 Å². The summed E-state index contributed by atoms with van der Waals surface area (Å²) in [6, 6.07) is 0. The van der Waals surface area contributed by atoms with Gasteiger partial charge in [-0.3, -0.25) is 4.79 Å². The van der Waals surface area contributed by atoms with E-state index in [0.717, 1.165) is 6.92 Å². The number of rotatable bonds is 0. The van der Waals surface area contributed by atoms with Crippen molar-refractivity contribution in [2.24, 2.45) is 0 Å². The van der Waals surface area contributed by atoms with Crippen molar-refractivity contribution in [1.29, 1.82) is 0 Å². The summed E-state index contributed by atoms with van der Waals surface area (Å²) in [6.07, 6.45) is 0. The van der Waals surface area contributed by atoms with Crippen molar-refractivity contribution in [3.05, 3.63) is 0 Å². The third-order valence-corrected chi connectivity index (χ3v) is 0. The number of hydrogen-bond acceptors (Lipinski definition) is 1. The SMILES string of the molecule is CC(=O)O.O.[AlH3].[Zn]. The molecule has 0 spiro atoms. The molecular weight excluding hydrogens is 164 g/mol. The molecule has 0 radical (unpaired) electrons. The van der Waals surface area contributed by atoms with Crippen molar-refractivity contribution in [1.82, 2.24) is 0 Å². The molecule has 7 heavy (non-hydrogen) atoms. The fourth-order valence-electron chi connectivity index (χ4n) is 0. The van der Waals surface area contributed by atoms with Crippen molar-refractivity contribution >= 4 is 23.3 Å². The van der Waals surface area contributed by atoms with Crippen LogP contribution in [0.25, 0.3) is 0 Å². The Morgan fingerprint density at radius 1 is 1.57 bits per heavy atom. The largest absolute Gasteiger partial charge is 0.481 e. The van der Waals surface area contributed by atoms with Crippen molar-refractivity contribution < 1.29 is 34.9 Å². The average Bonchev–Trinajstić information content (AvgIpc) is 0.811. The van der Waals surface area contributed by atoms with Crippen LogP contribution in [0.4, 0.5) is 0 Å². The van der Waals surface area contributed by atoms with Gasteiger partial charge in [0.2, 0.25) is 0 Å². The Hall–Kier alpha value is 0.586. The summed E-state index contributed by atoms with van der Waals surface area (Å²) in [5, 5.41) is 7.42. The zero-order valence-electron chi connectivity index (χ0n) is 3.56. The van der Waals surface area contributed by atoms with Gasteiger partial charge in [0.25, 0.3) is 5.97 Å². The van der Waals surface area contributed by atoms with E-state index in [0.29, 0.717) is 0 Å². The number of hydrogen-bond donors (Lipinski definition) is 1. The van der Waals surface area contributed by atoms with Crippen LogP contribution < -0.4 is 0 Å². The van der Waals surface area contributed by atoms with Gasteiger partial charge in [-0.2, -0.15) is 0 Å². The topological polar surface area (TPSA) is 68.8 Å². The van der Waals surface area contributed by atoms with E-state index in [1.165, 1.54) is 0 Å². The molecule has 0 atom stereocenters. The Morgan fingerprint density at radius 3 is 1.57 bits per heavy atom. The number of carboxylic acids is 1. The molecule has 3 nitrogen and oxygen atoms in total. The molecule has 0 rings (SSSR count). The molecule has 0 aromatic heterocycles. The van der Waals surface area contributed by atoms with Crippen LogP contribution in [0.3, 0.4) is 0 Å². The maximum Gasteiger partial charge on any atom is 0.300 e. The molecule has 0 aliphatic rings. The Bertz CT molecular complexity index is 35.9. The first-order valence-corrected chi connectivity index (χ1v) is 0.928. The van der Waals surface area contributed by atoms with E-state index in [1.54, 1.807) is 0 Å². The van der Waals surface area contributed by atoms with Crippen LogP contribution in [0.1, 0.15) is 6.92 Å². The van der Waals surface area contributed by atoms with Crippen LogP contribution in [-0.4, -0.2) is 33.9 Å². The van der Waals surface area contributed by atoms with E-state index in [4.69, 9.17) is 9.90 Å². The van der Waals surface area contributed by atoms with Gasteiger partial charge in [-0.1, -0.05) is 0 Å². The Kier molecular flexibility index (Phi) is 58.4. The Labute approximate surface area is 65.3 Å². The molecule has 0 saturated carbocycles. The Morgan fingerprint density at radius 2 is 1.57 bits per heavy atom. The second kappa shape index (κ2) is 16.0. The van der Waals surface area contributed by atoms with Gasteiger partial charge >= 0.3 is 0 Å². The zero-order valence-corrected chi connectivity index (χ0v) is 6.53. The summed E-state index contributed by atoms with van der Waals surface area (Å²) in [6.45, 7) is 1.08. The van der Waals surface area contributed by atoms with E-state index >= 15 is 0 Å². The zero-order chi connectivity index (χ0) is 3.58. The first-order chi connectivity index (χ1) is 1.73. The molecule has 0 aliphatic heterocycles. The van der Waals surface area contributed by atoms with Gasteiger partial charge < -0.3 is 10.6 Å². The minimum Gasteiger partial charge on any atom is -0.481 e. The molecule has 0 fully saturated rings. The van der Waals surface area contributed by atoms with Crippen molar-refractivity contribution in [2.45, 2.75) is 6.92 Å². The molecule has 3 N–H and O–H groups in total. The average molecular weight is 173 g/mol. The van der Waals surface area contributed by atoms with E-state index in [2.05, 4.69) is 0 Å². The first-order valence-electron chi connectivity index (χ1n) is 0.928. The smallest absolute Gasteiger partial charge is 0.300 e. The molecule has 0 amide bonds. The normalized spacial score (nSPS) is 3.57. The molecular formula is C2H9AlO3Zn. The van der Waals surface area contributed by atoms with Crippen LogP contribution in [-0.2, 0) is 24.3 Å². The van der Waals surface area contributed by atoms with Gasteiger partial charge in [0.05, 0.1) is 0 Å². The maximum absolute atomic E-state index is 9.00. The fraction of sp³-hybridized carbons (Fsp3) is 0.500. The number of carbonyl (C=O) groups is 1. The van der Waals surface area contributed by atoms with E-state index in [-0.39, 0.29) is 42.3 Å². The minimum absolute atomic E-state index is 0. The molecule has 0 aromatic carbocycles. The number of carboxylic acid groups (broad SMARTS) is 1. The number of aliphatic carboxylic acids is 1. The Balaban J connectivity index is -0.0000000150. The van der Waals surface area contributed by atoms with Gasteiger partial charge in [0.15, 0.2) is 17.4 Å².